The van der Waals surface area contributed by atoms with Crippen molar-refractivity contribution in [2.24, 2.45) is 40.9 Å². The van der Waals surface area contributed by atoms with Gasteiger partial charge in [0.25, 0.3) is 30.4 Å². The van der Waals surface area contributed by atoms with Crippen LogP contribution in [0.4, 0.5) is 56.9 Å². The van der Waals surface area contributed by atoms with E-state index in [0.717, 1.165) is 23.4 Å². The van der Waals surface area contributed by atoms with Gasteiger partial charge in [-0.2, -0.15) is 55.9 Å². The van der Waals surface area contributed by atoms with Crippen LogP contribution in [-0.4, -0.2) is 44.0 Å². The molecule has 66 heavy (non-hydrogen) atoms. The van der Waals surface area contributed by atoms with Gasteiger partial charge in [-0.1, -0.05) is 18.2 Å². The van der Waals surface area contributed by atoms with Gasteiger partial charge in [-0.25, -0.2) is 0 Å². The second-order valence-corrected chi connectivity index (χ2v) is 18.9. The highest BCUT2D eigenvalue weighted by Crippen LogP contribution is 2.43. The van der Waals surface area contributed by atoms with Crippen molar-refractivity contribution in [2.45, 2.75) is 42.4 Å². The molecular weight excluding hydrogens is 911 g/mol. The van der Waals surface area contributed by atoms with E-state index in [1.807, 2.05) is 37.3 Å². The van der Waals surface area contributed by atoms with Crippen LogP contribution < -0.4 is 5.32 Å². The first kappa shape index (κ1) is 46.5. The van der Waals surface area contributed by atoms with Gasteiger partial charge in [0.2, 0.25) is 0 Å². The zero-order valence-corrected chi connectivity index (χ0v) is 37.5. The lowest BCUT2D eigenvalue weighted by molar-refractivity contribution is 0.472. The number of rotatable bonds is 13. The number of hydrogen-bond acceptors (Lipinski definition) is 16. The van der Waals surface area contributed by atoms with Crippen LogP contribution in [0, 0.1) is 27.7 Å². The van der Waals surface area contributed by atoms with E-state index in [1.54, 1.807) is 87.5 Å². The van der Waals surface area contributed by atoms with Gasteiger partial charge in [0.05, 0.1) is 39.0 Å². The Morgan fingerprint density at radius 2 is 0.924 bits per heavy atom. The number of hydrogen-bond donors (Lipinski definition) is 5. The van der Waals surface area contributed by atoms with Gasteiger partial charge in [-0.05, 0) is 158 Å². The predicted octanol–water partition coefficient (Wildman–Crippen LogP) is 12.9. The van der Waals surface area contributed by atoms with E-state index in [4.69, 9.17) is 0 Å². The summed E-state index contributed by atoms with van der Waals surface area (Å²) in [6, 6.07) is 31.4. The number of nitrogens with zero attached hydrogens (tertiary/aromatic N) is 8. The summed E-state index contributed by atoms with van der Waals surface area (Å²) in [6.45, 7) is 7.05. The van der Waals surface area contributed by atoms with Crippen LogP contribution in [0.3, 0.4) is 0 Å². The number of para-hydroxylation sites is 1. The maximum Gasteiger partial charge on any atom is 0.296 e. The number of benzene rings is 7. The molecule has 0 atom stereocenters. The minimum absolute atomic E-state index is 0.297. The third-order valence-electron chi connectivity index (χ3n) is 9.84. The topological polar surface area (TPSA) is 294 Å². The van der Waals surface area contributed by atoms with E-state index in [-0.39, 0.29) is 5.69 Å². The highest BCUT2D eigenvalue weighted by atomic mass is 32.2. The van der Waals surface area contributed by atoms with E-state index >= 15 is 0 Å². The molecule has 0 radical (unpaired) electrons. The smallest absolute Gasteiger partial charge is 0.296 e. The molecule has 7 aromatic carbocycles. The molecule has 0 saturated carbocycles. The lowest BCUT2D eigenvalue weighted by Gasteiger charge is -2.12. The minimum Gasteiger partial charge on any atom is -0.505 e. The summed E-state index contributed by atoms with van der Waals surface area (Å²) in [5.74, 6) is -0.474. The molecule has 0 heterocycles. The fourth-order valence-electron chi connectivity index (χ4n) is 6.42. The summed E-state index contributed by atoms with van der Waals surface area (Å²) >= 11 is 0. The number of azo groups is 4. The van der Waals surface area contributed by atoms with Crippen molar-refractivity contribution < 1.29 is 44.0 Å². The van der Waals surface area contributed by atoms with Gasteiger partial charge in [0.1, 0.15) is 21.2 Å². The molecule has 7 rings (SSSR count). The van der Waals surface area contributed by atoms with Crippen molar-refractivity contribution in [3.05, 3.63) is 144 Å². The predicted molar refractivity (Wildman–Crippen MR) is 246 cm³/mol. The van der Waals surface area contributed by atoms with Gasteiger partial charge in [0, 0.05) is 16.8 Å². The monoisotopic (exact) mass is 947 g/mol. The number of phenols is 1. The lowest BCUT2D eigenvalue weighted by Crippen LogP contribution is -2.03. The largest absolute Gasteiger partial charge is 0.505 e. The Hall–Kier alpha value is -7.47. The first-order valence-electron chi connectivity index (χ1n) is 19.3. The molecule has 336 valence electrons. The Morgan fingerprint density at radius 1 is 0.424 bits per heavy atom. The zero-order chi connectivity index (χ0) is 47.6. The van der Waals surface area contributed by atoms with Gasteiger partial charge < -0.3 is 10.4 Å². The van der Waals surface area contributed by atoms with Gasteiger partial charge in [-0.3, -0.25) is 13.7 Å². The summed E-state index contributed by atoms with van der Waals surface area (Å²) in [5.41, 5.74) is 5.95. The summed E-state index contributed by atoms with van der Waals surface area (Å²) in [6.07, 6.45) is 0. The first-order valence-corrected chi connectivity index (χ1v) is 23.6. The fraction of sp³-hybridized carbons (Fsp3) is 0.0909. The van der Waals surface area contributed by atoms with Crippen LogP contribution in [0.25, 0.3) is 10.8 Å². The third kappa shape index (κ3) is 10.9. The van der Waals surface area contributed by atoms with Gasteiger partial charge in [-0.15, -0.1) is 10.2 Å². The molecule has 0 fully saturated rings. The van der Waals surface area contributed by atoms with Crippen molar-refractivity contribution >= 4 is 98.0 Å². The standard InChI is InChI=1S/C44H37N9O10S3/c1-25-18-33(11-15-36(25)48-46-32-12-16-37(26(2)19-32)49-50-38-17-13-34(64(55,56)57)24-41(38)65(58,59)60)47-51-39-20-28(4)40(21-27(39)3)52-53-43-42(66(61,62)63)23-29-22-31(10-14-35(29)44(43)54)45-30-8-6-5-7-9-30/h5-24,45,54H,1-4H3,(H,55,56,57)(H,58,59,60)(H,61,62,63). The fourth-order valence-corrected chi connectivity index (χ4v) is 8.31. The van der Waals surface area contributed by atoms with E-state index in [1.165, 1.54) is 6.07 Å². The Bertz CT molecular complexity index is 3550. The van der Waals surface area contributed by atoms with Crippen molar-refractivity contribution in [2.75, 3.05) is 5.32 Å². The van der Waals surface area contributed by atoms with Crippen LogP contribution in [-0.2, 0) is 30.4 Å². The average Bonchev–Trinajstić information content (AvgIpc) is 3.25. The molecule has 0 bridgehead atoms. The summed E-state index contributed by atoms with van der Waals surface area (Å²) in [5, 5.41) is 48.8. The second-order valence-electron chi connectivity index (χ2n) is 14.7. The molecule has 0 saturated heterocycles. The Morgan fingerprint density at radius 3 is 1.47 bits per heavy atom. The number of aromatic hydroxyl groups is 1. The summed E-state index contributed by atoms with van der Waals surface area (Å²) in [7, 11) is -14.5. The second kappa shape index (κ2) is 18.6. The first-order chi connectivity index (χ1) is 31.1. The Kier molecular flexibility index (Phi) is 13.1. The highest BCUT2D eigenvalue weighted by molar-refractivity contribution is 7.87. The lowest BCUT2D eigenvalue weighted by atomic mass is 10.1. The molecule has 0 amide bonds. The SMILES string of the molecule is Cc1cc(N=Nc2cc(C)c(N=Nc3c(S(=O)(=O)O)cc4cc(Nc5ccccc5)ccc4c3O)cc2C)ccc1N=Nc1ccc(N=Nc2ccc(S(=O)(=O)O)cc2S(=O)(=O)O)c(C)c1. The molecule has 22 heteroatoms. The van der Waals surface area contributed by atoms with E-state index < -0.39 is 56.5 Å². The number of aryl methyl sites for hydroxylation is 4. The van der Waals surface area contributed by atoms with Crippen molar-refractivity contribution in [1.82, 2.24) is 0 Å². The number of phenolic OH excluding ortho intramolecular Hbond substituents is 1. The molecule has 0 aliphatic carbocycles. The van der Waals surface area contributed by atoms with Crippen LogP contribution in [0.5, 0.6) is 5.75 Å². The van der Waals surface area contributed by atoms with Crippen LogP contribution >= 0.6 is 0 Å². The Balaban J connectivity index is 1.05. The van der Waals surface area contributed by atoms with Crippen LogP contribution in [0.15, 0.2) is 177 Å². The van der Waals surface area contributed by atoms with Gasteiger partial charge >= 0.3 is 0 Å². The average molecular weight is 948 g/mol. The maximum atomic E-state index is 12.5. The molecule has 0 aliphatic rings. The number of anilines is 2. The molecule has 0 aromatic heterocycles. The van der Waals surface area contributed by atoms with E-state index in [2.05, 4.69) is 46.2 Å². The van der Waals surface area contributed by atoms with Crippen molar-refractivity contribution in [1.29, 1.82) is 0 Å². The molecule has 0 aliphatic heterocycles. The van der Waals surface area contributed by atoms with Gasteiger partial charge in [0.15, 0.2) is 5.75 Å². The van der Waals surface area contributed by atoms with Crippen LogP contribution in [0.2, 0.25) is 0 Å². The zero-order valence-electron chi connectivity index (χ0n) is 35.1. The van der Waals surface area contributed by atoms with E-state index in [0.29, 0.717) is 73.3 Å². The quantitative estimate of drug-likeness (QED) is 0.0535. The summed E-state index contributed by atoms with van der Waals surface area (Å²) < 4.78 is 101. The molecule has 0 spiro atoms. The molecule has 5 N–H and O–H groups in total. The van der Waals surface area contributed by atoms with Crippen molar-refractivity contribution in [3.63, 3.8) is 0 Å². The molecule has 0 unspecified atom stereocenters. The summed E-state index contributed by atoms with van der Waals surface area (Å²) in [4.78, 5) is -2.22. The maximum absolute atomic E-state index is 12.5. The van der Waals surface area contributed by atoms with Crippen molar-refractivity contribution in [3.8, 4) is 5.75 Å². The van der Waals surface area contributed by atoms with E-state index in [9.17, 15) is 44.0 Å². The highest BCUT2D eigenvalue weighted by Gasteiger charge is 2.23. The molecular formula is C44H37N9O10S3. The minimum atomic E-state index is -4.92. The molecule has 19 nitrogen and oxygen atoms in total. The number of fused-ring (bicyclic) bond motifs is 1. The Labute approximate surface area is 378 Å². The van der Waals surface area contributed by atoms with Crippen LogP contribution in [0.1, 0.15) is 22.3 Å². The number of nitrogens with one attached hydrogen (secondary N) is 1. The third-order valence-corrected chi connectivity index (χ3v) is 12.4. The normalized spacial score (nSPS) is 12.7. The molecule has 7 aromatic rings.